The van der Waals surface area contributed by atoms with Gasteiger partial charge in [-0.05, 0) is 68.5 Å². The van der Waals surface area contributed by atoms with E-state index in [4.69, 9.17) is 28.4 Å². The molecule has 2 aliphatic carbocycles. The van der Waals surface area contributed by atoms with E-state index in [1.165, 1.54) is 45.1 Å². The third kappa shape index (κ3) is 6.96. The maximum Gasteiger partial charge on any atom is 0.119 e. The molecule has 1 aromatic carbocycles. The van der Waals surface area contributed by atoms with Gasteiger partial charge in [0.25, 0.3) is 0 Å². The summed E-state index contributed by atoms with van der Waals surface area (Å²) in [5.41, 5.74) is 3.50. The van der Waals surface area contributed by atoms with Crippen molar-refractivity contribution in [2.45, 2.75) is 50.0 Å². The van der Waals surface area contributed by atoms with Gasteiger partial charge in [0, 0.05) is 18.6 Å². The fourth-order valence-corrected chi connectivity index (χ4v) is 6.39. The highest BCUT2D eigenvalue weighted by molar-refractivity contribution is 5.45. The number of likely N-dealkylation sites (tertiary alicyclic amines) is 1. The number of nitrogens with zero attached hydrogens (tertiary/aromatic N) is 1. The van der Waals surface area contributed by atoms with Crippen LogP contribution in [0.4, 0.5) is 0 Å². The first-order valence-electron chi connectivity index (χ1n) is 13.5. The molecule has 7 heteroatoms. The Morgan fingerprint density at radius 1 is 0.829 bits per heavy atom. The van der Waals surface area contributed by atoms with E-state index in [9.17, 15) is 0 Å². The Hall–Kier alpha value is -1.22. The maximum atomic E-state index is 6.10. The van der Waals surface area contributed by atoms with Gasteiger partial charge in [-0.2, -0.15) is 0 Å². The lowest BCUT2D eigenvalue weighted by atomic mass is 9.52. The summed E-state index contributed by atoms with van der Waals surface area (Å²) in [5, 5.41) is 0. The number of methoxy groups -OCH3 is 1. The number of hydrogen-bond acceptors (Lipinski definition) is 7. The molecular formula is C28H45NO6. The Kier molecular flexibility index (Phi) is 10.7. The molecule has 4 rings (SSSR count). The van der Waals surface area contributed by atoms with Gasteiger partial charge in [-0.1, -0.05) is 18.9 Å². The molecule has 1 saturated heterocycles. The van der Waals surface area contributed by atoms with E-state index >= 15 is 0 Å². The van der Waals surface area contributed by atoms with E-state index < -0.39 is 0 Å². The number of fused-ring (bicyclic) bond motifs is 1. The summed E-state index contributed by atoms with van der Waals surface area (Å²) in [7, 11) is 3.99. The molecule has 1 heterocycles. The first-order chi connectivity index (χ1) is 17.2. The van der Waals surface area contributed by atoms with Crippen molar-refractivity contribution in [3.63, 3.8) is 0 Å². The zero-order valence-corrected chi connectivity index (χ0v) is 21.8. The highest BCUT2D eigenvalue weighted by Crippen LogP contribution is 2.55. The molecule has 2 bridgehead atoms. The van der Waals surface area contributed by atoms with E-state index in [2.05, 4.69) is 30.1 Å². The fraction of sp³-hybridized carbons (Fsp3) is 0.786. The van der Waals surface area contributed by atoms with E-state index in [0.717, 1.165) is 11.7 Å². The molecular weight excluding hydrogens is 446 g/mol. The van der Waals surface area contributed by atoms with Crippen LogP contribution in [0.3, 0.4) is 0 Å². The zero-order chi connectivity index (χ0) is 24.3. The Morgan fingerprint density at radius 2 is 1.49 bits per heavy atom. The van der Waals surface area contributed by atoms with E-state index in [-0.39, 0.29) is 0 Å². The van der Waals surface area contributed by atoms with Crippen LogP contribution in [-0.2, 0) is 35.5 Å². The first-order valence-corrected chi connectivity index (χ1v) is 13.5. The number of hydrogen-bond donors (Lipinski definition) is 0. The van der Waals surface area contributed by atoms with Crippen molar-refractivity contribution in [3.05, 3.63) is 29.3 Å². The Labute approximate surface area is 211 Å². The summed E-state index contributed by atoms with van der Waals surface area (Å²) in [4.78, 5) is 2.62. The summed E-state index contributed by atoms with van der Waals surface area (Å²) in [6.45, 7) is 6.96. The van der Waals surface area contributed by atoms with Crippen molar-refractivity contribution >= 4 is 0 Å². The average Bonchev–Trinajstić information content (AvgIpc) is 2.88. The van der Waals surface area contributed by atoms with Gasteiger partial charge >= 0.3 is 0 Å². The van der Waals surface area contributed by atoms with Crippen molar-refractivity contribution in [1.82, 2.24) is 4.90 Å². The third-order valence-corrected chi connectivity index (χ3v) is 8.13. The Morgan fingerprint density at radius 3 is 2.17 bits per heavy atom. The SMILES string of the molecule is COCCOCCOCCOCCOCCOc1ccc2c(c1)[C@@]13CCCC[C@H]1[C@@H](C2)N(C)CC3. The van der Waals surface area contributed by atoms with Crippen molar-refractivity contribution in [2.24, 2.45) is 5.92 Å². The summed E-state index contributed by atoms with van der Waals surface area (Å²) in [5.74, 6) is 1.80. The van der Waals surface area contributed by atoms with Gasteiger partial charge < -0.3 is 33.3 Å². The molecule has 0 unspecified atom stereocenters. The highest BCUT2D eigenvalue weighted by Gasteiger charge is 2.53. The summed E-state index contributed by atoms with van der Waals surface area (Å²) < 4.78 is 33.0. The summed E-state index contributed by atoms with van der Waals surface area (Å²) >= 11 is 0. The minimum Gasteiger partial charge on any atom is -0.491 e. The Bertz CT molecular complexity index is 761. The lowest BCUT2D eigenvalue weighted by molar-refractivity contribution is -0.00984. The summed E-state index contributed by atoms with van der Waals surface area (Å²) in [6, 6.07) is 7.55. The molecule has 2 fully saturated rings. The predicted molar refractivity (Wildman–Crippen MR) is 135 cm³/mol. The lowest BCUT2D eigenvalue weighted by Gasteiger charge is -2.58. The van der Waals surface area contributed by atoms with E-state index in [0.29, 0.717) is 77.5 Å². The molecule has 7 nitrogen and oxygen atoms in total. The number of benzene rings is 1. The number of rotatable bonds is 16. The molecule has 1 saturated carbocycles. The van der Waals surface area contributed by atoms with Crippen LogP contribution < -0.4 is 4.74 Å². The molecule has 3 aliphatic rings. The topological polar surface area (TPSA) is 58.6 Å². The minimum atomic E-state index is 0.372. The molecule has 0 radical (unpaired) electrons. The van der Waals surface area contributed by atoms with Crippen molar-refractivity contribution in [2.75, 3.05) is 86.8 Å². The van der Waals surface area contributed by atoms with Crippen molar-refractivity contribution in [3.8, 4) is 5.75 Å². The molecule has 35 heavy (non-hydrogen) atoms. The molecule has 0 spiro atoms. The van der Waals surface area contributed by atoms with Gasteiger partial charge in [0.05, 0.1) is 59.5 Å². The minimum absolute atomic E-state index is 0.372. The van der Waals surface area contributed by atoms with Gasteiger partial charge in [0.1, 0.15) is 12.4 Å². The molecule has 3 atom stereocenters. The van der Waals surface area contributed by atoms with Crippen LogP contribution >= 0.6 is 0 Å². The summed E-state index contributed by atoms with van der Waals surface area (Å²) in [6.07, 6.45) is 7.95. The predicted octanol–water partition coefficient (Wildman–Crippen LogP) is 3.47. The fourth-order valence-electron chi connectivity index (χ4n) is 6.39. The number of piperidine rings is 1. The van der Waals surface area contributed by atoms with Crippen molar-refractivity contribution in [1.29, 1.82) is 0 Å². The first kappa shape index (κ1) is 26.8. The normalized spacial score (nSPS) is 25.8. The molecule has 1 aliphatic heterocycles. The van der Waals surface area contributed by atoms with Gasteiger partial charge in [-0.15, -0.1) is 0 Å². The van der Waals surface area contributed by atoms with E-state index in [1.807, 2.05) is 0 Å². The second-order valence-electron chi connectivity index (χ2n) is 10.1. The zero-order valence-electron chi connectivity index (χ0n) is 21.8. The van der Waals surface area contributed by atoms with Gasteiger partial charge in [0.15, 0.2) is 0 Å². The standard InChI is InChI=1S/C28H45NO6/c1-29-10-9-28-8-4-3-5-25(28)27(29)21-23-6-7-24(22-26(23)28)35-20-19-34-18-17-33-16-15-32-14-13-31-12-11-30-2/h6-7,22,25,27H,3-5,8-21H2,1-2H3/t25-,27+,28+/m0/s1. The van der Waals surface area contributed by atoms with Crippen LogP contribution in [0.5, 0.6) is 5.75 Å². The van der Waals surface area contributed by atoms with Crippen LogP contribution in [0, 0.1) is 5.92 Å². The highest BCUT2D eigenvalue weighted by atomic mass is 16.6. The quantitative estimate of drug-likeness (QED) is 0.328. The molecule has 1 aromatic rings. The average molecular weight is 492 g/mol. The molecule has 0 amide bonds. The van der Waals surface area contributed by atoms with Gasteiger partial charge in [0.2, 0.25) is 0 Å². The third-order valence-electron chi connectivity index (χ3n) is 8.13. The van der Waals surface area contributed by atoms with Crippen LogP contribution in [0.1, 0.15) is 43.2 Å². The van der Waals surface area contributed by atoms with Crippen molar-refractivity contribution < 1.29 is 28.4 Å². The number of ether oxygens (including phenoxy) is 6. The Balaban J connectivity index is 1.10. The second-order valence-corrected chi connectivity index (χ2v) is 10.1. The number of likely N-dealkylation sites (N-methyl/N-ethyl adjacent to an activating group) is 1. The van der Waals surface area contributed by atoms with Crippen LogP contribution in [0.2, 0.25) is 0 Å². The van der Waals surface area contributed by atoms with Crippen LogP contribution in [0.15, 0.2) is 18.2 Å². The smallest absolute Gasteiger partial charge is 0.119 e. The van der Waals surface area contributed by atoms with E-state index in [1.54, 1.807) is 18.2 Å². The molecule has 198 valence electrons. The van der Waals surface area contributed by atoms with Gasteiger partial charge in [-0.25, -0.2) is 0 Å². The second kappa shape index (κ2) is 13.9. The van der Waals surface area contributed by atoms with Gasteiger partial charge in [-0.3, -0.25) is 0 Å². The van der Waals surface area contributed by atoms with Crippen LogP contribution in [0.25, 0.3) is 0 Å². The molecule has 0 aromatic heterocycles. The van der Waals surface area contributed by atoms with Crippen LogP contribution in [-0.4, -0.2) is 97.7 Å². The maximum absolute atomic E-state index is 6.10. The monoisotopic (exact) mass is 491 g/mol. The lowest BCUT2D eigenvalue weighted by Crippen LogP contribution is -2.59. The molecule has 0 N–H and O–H groups in total. The largest absolute Gasteiger partial charge is 0.491 e.